The van der Waals surface area contributed by atoms with Gasteiger partial charge in [-0.2, -0.15) is 5.26 Å². The minimum Gasteiger partial charge on any atom is -0.484 e. The first-order valence-electron chi connectivity index (χ1n) is 6.26. The Morgan fingerprint density at radius 3 is 2.11 bits per heavy atom. The van der Waals surface area contributed by atoms with Crippen LogP contribution in [0.2, 0.25) is 0 Å². The predicted octanol–water partition coefficient (Wildman–Crippen LogP) is 3.94. The van der Waals surface area contributed by atoms with Gasteiger partial charge in [-0.3, -0.25) is 0 Å². The van der Waals surface area contributed by atoms with Gasteiger partial charge in [0.05, 0.1) is 17.7 Å². The molecule has 2 rings (SSSR count). The SMILES string of the molecule is N#Cc1cc(F)c(OC2CCCCCC2)c(F)c1. The van der Waals surface area contributed by atoms with Gasteiger partial charge in [-0.25, -0.2) is 8.78 Å². The van der Waals surface area contributed by atoms with Gasteiger partial charge in [0.1, 0.15) is 0 Å². The van der Waals surface area contributed by atoms with E-state index >= 15 is 0 Å². The molecule has 0 atom stereocenters. The summed E-state index contributed by atoms with van der Waals surface area (Å²) in [6.07, 6.45) is 5.91. The molecule has 0 amide bonds. The molecule has 0 heterocycles. The van der Waals surface area contributed by atoms with Crippen LogP contribution in [0, 0.1) is 23.0 Å². The van der Waals surface area contributed by atoms with Crippen LogP contribution in [0.3, 0.4) is 0 Å². The van der Waals surface area contributed by atoms with Gasteiger partial charge in [0.2, 0.25) is 0 Å². The molecule has 1 aliphatic carbocycles. The molecular weight excluding hydrogens is 236 g/mol. The molecule has 4 heteroatoms. The second kappa shape index (κ2) is 5.81. The Balaban J connectivity index is 2.15. The Kier molecular flexibility index (Phi) is 4.14. The van der Waals surface area contributed by atoms with Crippen molar-refractivity contribution in [2.24, 2.45) is 0 Å². The molecule has 1 aromatic rings. The molecule has 18 heavy (non-hydrogen) atoms. The summed E-state index contributed by atoms with van der Waals surface area (Å²) in [5.74, 6) is -1.94. The van der Waals surface area contributed by atoms with Gasteiger partial charge in [-0.15, -0.1) is 0 Å². The van der Waals surface area contributed by atoms with E-state index in [1.807, 2.05) is 0 Å². The molecule has 0 radical (unpaired) electrons. The van der Waals surface area contributed by atoms with E-state index < -0.39 is 11.6 Å². The van der Waals surface area contributed by atoms with E-state index in [1.165, 1.54) is 0 Å². The number of rotatable bonds is 2. The van der Waals surface area contributed by atoms with E-state index in [-0.39, 0.29) is 17.4 Å². The first-order valence-corrected chi connectivity index (χ1v) is 6.26. The molecule has 0 saturated heterocycles. The quantitative estimate of drug-likeness (QED) is 0.746. The molecule has 1 fully saturated rings. The maximum atomic E-state index is 13.6. The lowest BCUT2D eigenvalue weighted by molar-refractivity contribution is 0.167. The summed E-state index contributed by atoms with van der Waals surface area (Å²) in [4.78, 5) is 0. The number of nitriles is 1. The number of hydrogen-bond acceptors (Lipinski definition) is 2. The van der Waals surface area contributed by atoms with Gasteiger partial charge in [0.15, 0.2) is 17.4 Å². The molecule has 0 N–H and O–H groups in total. The maximum Gasteiger partial charge on any atom is 0.191 e. The molecule has 96 valence electrons. The van der Waals surface area contributed by atoms with E-state index in [0.29, 0.717) is 0 Å². The summed E-state index contributed by atoms with van der Waals surface area (Å²) < 4.78 is 32.7. The van der Waals surface area contributed by atoms with Crippen molar-refractivity contribution < 1.29 is 13.5 Å². The van der Waals surface area contributed by atoms with Crippen molar-refractivity contribution in [1.82, 2.24) is 0 Å². The Morgan fingerprint density at radius 1 is 1.06 bits per heavy atom. The molecule has 0 aliphatic heterocycles. The van der Waals surface area contributed by atoms with Crippen molar-refractivity contribution in [3.63, 3.8) is 0 Å². The Morgan fingerprint density at radius 2 is 1.61 bits per heavy atom. The van der Waals surface area contributed by atoms with E-state index in [2.05, 4.69) is 0 Å². The molecule has 0 bridgehead atoms. The van der Waals surface area contributed by atoms with E-state index in [1.54, 1.807) is 6.07 Å². The zero-order valence-corrected chi connectivity index (χ0v) is 10.1. The summed E-state index contributed by atoms with van der Waals surface area (Å²) in [6, 6.07) is 3.73. The molecule has 0 aromatic heterocycles. The van der Waals surface area contributed by atoms with Crippen LogP contribution in [-0.2, 0) is 0 Å². The van der Waals surface area contributed by atoms with E-state index in [4.69, 9.17) is 10.00 Å². The van der Waals surface area contributed by atoms with Gasteiger partial charge in [-0.05, 0) is 37.8 Å². The summed E-state index contributed by atoms with van der Waals surface area (Å²) in [6.45, 7) is 0. The lowest BCUT2D eigenvalue weighted by Crippen LogP contribution is -2.16. The third kappa shape index (κ3) is 2.98. The minimum absolute atomic E-state index is 0.0294. The van der Waals surface area contributed by atoms with Crippen LogP contribution in [0.25, 0.3) is 0 Å². The fraction of sp³-hybridized carbons (Fsp3) is 0.500. The first kappa shape index (κ1) is 12.8. The number of hydrogen-bond donors (Lipinski definition) is 0. The molecule has 2 nitrogen and oxygen atoms in total. The average molecular weight is 251 g/mol. The second-order valence-corrected chi connectivity index (χ2v) is 4.61. The zero-order valence-electron chi connectivity index (χ0n) is 10.1. The highest BCUT2D eigenvalue weighted by molar-refractivity contribution is 5.37. The van der Waals surface area contributed by atoms with Gasteiger partial charge in [0, 0.05) is 0 Å². The highest BCUT2D eigenvalue weighted by Gasteiger charge is 2.19. The van der Waals surface area contributed by atoms with Crippen LogP contribution in [0.4, 0.5) is 8.78 Å². The van der Waals surface area contributed by atoms with Crippen molar-refractivity contribution in [2.45, 2.75) is 44.6 Å². The van der Waals surface area contributed by atoms with Crippen molar-refractivity contribution in [3.8, 4) is 11.8 Å². The topological polar surface area (TPSA) is 33.0 Å². The van der Waals surface area contributed by atoms with Gasteiger partial charge >= 0.3 is 0 Å². The number of nitrogens with zero attached hydrogens (tertiary/aromatic N) is 1. The van der Waals surface area contributed by atoms with Crippen molar-refractivity contribution in [3.05, 3.63) is 29.3 Å². The third-order valence-corrected chi connectivity index (χ3v) is 3.21. The third-order valence-electron chi connectivity index (χ3n) is 3.21. The van der Waals surface area contributed by atoms with Crippen LogP contribution >= 0.6 is 0 Å². The molecular formula is C14H15F2NO. The van der Waals surface area contributed by atoms with Crippen LogP contribution in [-0.4, -0.2) is 6.10 Å². The largest absolute Gasteiger partial charge is 0.484 e. The van der Waals surface area contributed by atoms with Crippen molar-refractivity contribution in [2.75, 3.05) is 0 Å². The fourth-order valence-corrected chi connectivity index (χ4v) is 2.26. The highest BCUT2D eigenvalue weighted by Crippen LogP contribution is 2.28. The van der Waals surface area contributed by atoms with Crippen LogP contribution in [0.15, 0.2) is 12.1 Å². The zero-order chi connectivity index (χ0) is 13.0. The maximum absolute atomic E-state index is 13.6. The van der Waals surface area contributed by atoms with Crippen molar-refractivity contribution in [1.29, 1.82) is 5.26 Å². The predicted molar refractivity (Wildman–Crippen MR) is 63.2 cm³/mol. The normalized spacial score (nSPS) is 16.9. The summed E-state index contributed by atoms with van der Waals surface area (Å²) in [7, 11) is 0. The summed E-state index contributed by atoms with van der Waals surface area (Å²) in [5, 5.41) is 8.61. The first-order chi connectivity index (χ1) is 8.70. The average Bonchev–Trinajstić information content (AvgIpc) is 2.62. The van der Waals surface area contributed by atoms with Gasteiger partial charge in [0.25, 0.3) is 0 Å². The summed E-state index contributed by atoms with van der Waals surface area (Å²) >= 11 is 0. The standard InChI is InChI=1S/C14H15F2NO/c15-12-7-10(9-17)8-13(16)14(12)18-11-5-3-1-2-4-6-11/h7-8,11H,1-6H2. The number of ether oxygens (including phenoxy) is 1. The van der Waals surface area contributed by atoms with Crippen LogP contribution in [0.1, 0.15) is 44.1 Å². The Hall–Kier alpha value is -1.63. The monoisotopic (exact) mass is 251 g/mol. The molecule has 0 spiro atoms. The van der Waals surface area contributed by atoms with Gasteiger partial charge in [-0.1, -0.05) is 12.8 Å². The smallest absolute Gasteiger partial charge is 0.191 e. The lowest BCUT2D eigenvalue weighted by Gasteiger charge is -2.17. The molecule has 1 aliphatic rings. The number of benzene rings is 1. The number of halogens is 2. The molecule has 1 saturated carbocycles. The van der Waals surface area contributed by atoms with E-state index in [9.17, 15) is 8.78 Å². The Bertz CT molecular complexity index is 436. The minimum atomic E-state index is -0.796. The lowest BCUT2D eigenvalue weighted by atomic mass is 10.1. The molecule has 0 unspecified atom stereocenters. The second-order valence-electron chi connectivity index (χ2n) is 4.61. The Labute approximate surface area is 105 Å². The van der Waals surface area contributed by atoms with Gasteiger partial charge < -0.3 is 4.74 Å². The van der Waals surface area contributed by atoms with Crippen LogP contribution < -0.4 is 4.74 Å². The van der Waals surface area contributed by atoms with Crippen molar-refractivity contribution >= 4 is 0 Å². The van der Waals surface area contributed by atoms with Crippen LogP contribution in [0.5, 0.6) is 5.75 Å². The van der Waals surface area contributed by atoms with E-state index in [0.717, 1.165) is 50.7 Å². The summed E-state index contributed by atoms with van der Waals surface area (Å²) in [5.41, 5.74) is -0.0294. The molecule has 1 aromatic carbocycles. The fourth-order valence-electron chi connectivity index (χ4n) is 2.26. The highest BCUT2D eigenvalue weighted by atomic mass is 19.1.